The Balaban J connectivity index is 2.07. The molecule has 0 spiro atoms. The monoisotopic (exact) mass is 321 g/mol. The molecule has 0 radical (unpaired) electrons. The average molecular weight is 321 g/mol. The van der Waals surface area contributed by atoms with E-state index in [1.807, 2.05) is 55.5 Å². The van der Waals surface area contributed by atoms with Gasteiger partial charge in [-0.15, -0.1) is 0 Å². The lowest BCUT2D eigenvalue weighted by atomic mass is 9.90. The third kappa shape index (κ3) is 2.56. The maximum absolute atomic E-state index is 12.3. The molecule has 25 heavy (non-hydrogen) atoms. The summed E-state index contributed by atoms with van der Waals surface area (Å²) in [6.45, 7) is 2.04. The van der Waals surface area contributed by atoms with Crippen LogP contribution >= 0.6 is 0 Å². The van der Waals surface area contributed by atoms with Crippen LogP contribution in [0.3, 0.4) is 0 Å². The van der Waals surface area contributed by atoms with Crippen LogP contribution in [-0.4, -0.2) is 5.78 Å². The number of aryl methyl sites for hydroxylation is 1. The molecule has 0 atom stereocenters. The first-order chi connectivity index (χ1) is 12.2. The molecule has 0 saturated heterocycles. The minimum Gasteiger partial charge on any atom is -0.277 e. The summed E-state index contributed by atoms with van der Waals surface area (Å²) >= 11 is 0. The molecule has 4 rings (SSSR count). The molecule has 2 heteroatoms. The summed E-state index contributed by atoms with van der Waals surface area (Å²) in [5.41, 5.74) is 3.34. The van der Waals surface area contributed by atoms with E-state index >= 15 is 0 Å². The van der Waals surface area contributed by atoms with E-state index < -0.39 is 5.78 Å². The van der Waals surface area contributed by atoms with Crippen LogP contribution in [0.4, 0.5) is 0 Å². The van der Waals surface area contributed by atoms with Crippen LogP contribution in [0, 0.1) is 18.3 Å². The Labute approximate surface area is 146 Å². The summed E-state index contributed by atoms with van der Waals surface area (Å²) in [5.74, 6) is -0.506. The largest absolute Gasteiger partial charge is 0.277 e. The number of nitrogens with zero attached hydrogens (tertiary/aromatic N) is 1. The highest BCUT2D eigenvalue weighted by Crippen LogP contribution is 2.33. The number of nitriles is 1. The Bertz CT molecular complexity index is 1180. The van der Waals surface area contributed by atoms with Crippen molar-refractivity contribution in [1.82, 2.24) is 0 Å². The molecule has 4 aromatic carbocycles. The Morgan fingerprint density at radius 3 is 1.80 bits per heavy atom. The van der Waals surface area contributed by atoms with Gasteiger partial charge in [-0.05, 0) is 63.4 Å². The van der Waals surface area contributed by atoms with E-state index in [9.17, 15) is 10.1 Å². The fraction of sp³-hybridized carbons (Fsp3) is 0.0435. The van der Waals surface area contributed by atoms with Crippen molar-refractivity contribution in [1.29, 1.82) is 5.26 Å². The van der Waals surface area contributed by atoms with Crippen LogP contribution in [0.25, 0.3) is 32.7 Å². The van der Waals surface area contributed by atoms with Gasteiger partial charge in [0.1, 0.15) is 6.07 Å². The summed E-state index contributed by atoms with van der Waals surface area (Å²) in [6, 6.07) is 25.9. The van der Waals surface area contributed by atoms with Crippen LogP contribution < -0.4 is 0 Å². The minimum atomic E-state index is -0.506. The van der Waals surface area contributed by atoms with Gasteiger partial charge in [-0.25, -0.2) is 0 Å². The maximum Gasteiger partial charge on any atom is 0.262 e. The molecule has 0 saturated carbocycles. The molecule has 0 unspecified atom stereocenters. The fourth-order valence-corrected chi connectivity index (χ4v) is 3.36. The normalized spacial score (nSPS) is 10.7. The van der Waals surface area contributed by atoms with Crippen LogP contribution in [0.15, 0.2) is 72.8 Å². The lowest BCUT2D eigenvalue weighted by Crippen LogP contribution is -2.00. The lowest BCUT2D eigenvalue weighted by molar-refractivity contribution is 0.105. The van der Waals surface area contributed by atoms with Crippen LogP contribution in [-0.2, 0) is 0 Å². The topological polar surface area (TPSA) is 40.9 Å². The fourth-order valence-electron chi connectivity index (χ4n) is 3.36. The highest BCUT2D eigenvalue weighted by atomic mass is 16.1. The smallest absolute Gasteiger partial charge is 0.262 e. The Morgan fingerprint density at radius 1 is 0.760 bits per heavy atom. The third-order valence-corrected chi connectivity index (χ3v) is 4.61. The first-order valence-electron chi connectivity index (χ1n) is 8.14. The first kappa shape index (κ1) is 15.1. The molecular weight excluding hydrogens is 306 g/mol. The molecule has 2 nitrogen and oxygen atoms in total. The quantitative estimate of drug-likeness (QED) is 0.352. The molecule has 0 fully saturated rings. The average Bonchev–Trinajstić information content (AvgIpc) is 2.65. The van der Waals surface area contributed by atoms with E-state index in [0.29, 0.717) is 5.56 Å². The van der Waals surface area contributed by atoms with Gasteiger partial charge in [0.2, 0.25) is 0 Å². The standard InChI is InChI=1S/C23H15NO/c1-15-10-16-6-2-3-7-17(16)11-20(15)21-12-18-8-4-5-9-19(18)13-22(21)23(25)14-24/h2-13H,1H3. The van der Waals surface area contributed by atoms with Gasteiger partial charge in [0.15, 0.2) is 0 Å². The molecule has 0 aliphatic heterocycles. The van der Waals surface area contributed by atoms with Gasteiger partial charge in [-0.1, -0.05) is 54.6 Å². The SMILES string of the molecule is Cc1cc2ccccc2cc1-c1cc2ccccc2cc1C(=O)C#N. The van der Waals surface area contributed by atoms with Crippen LogP contribution in [0.5, 0.6) is 0 Å². The number of hydrogen-bond acceptors (Lipinski definition) is 2. The van der Waals surface area contributed by atoms with Gasteiger partial charge in [0, 0.05) is 5.56 Å². The second-order valence-electron chi connectivity index (χ2n) is 6.20. The van der Waals surface area contributed by atoms with Gasteiger partial charge in [-0.2, -0.15) is 5.26 Å². The molecule has 0 aliphatic carbocycles. The predicted molar refractivity (Wildman–Crippen MR) is 102 cm³/mol. The van der Waals surface area contributed by atoms with Gasteiger partial charge >= 0.3 is 0 Å². The van der Waals surface area contributed by atoms with E-state index in [0.717, 1.165) is 38.2 Å². The summed E-state index contributed by atoms with van der Waals surface area (Å²) in [6.07, 6.45) is 0. The van der Waals surface area contributed by atoms with Gasteiger partial charge in [0.25, 0.3) is 5.78 Å². The Morgan fingerprint density at radius 2 is 1.24 bits per heavy atom. The molecule has 0 aromatic heterocycles. The number of Topliss-reactive ketones (excluding diaryl/α,β-unsaturated/α-hetero) is 1. The molecule has 0 bridgehead atoms. The first-order valence-corrected chi connectivity index (χ1v) is 8.14. The number of benzene rings is 4. The molecule has 4 aromatic rings. The highest BCUT2D eigenvalue weighted by Gasteiger charge is 2.16. The van der Waals surface area contributed by atoms with Crippen molar-refractivity contribution in [2.24, 2.45) is 0 Å². The number of ketones is 1. The Kier molecular flexibility index (Phi) is 3.56. The van der Waals surface area contributed by atoms with E-state index in [1.54, 1.807) is 6.07 Å². The van der Waals surface area contributed by atoms with Gasteiger partial charge in [0.05, 0.1) is 0 Å². The molecule has 0 N–H and O–H groups in total. The zero-order chi connectivity index (χ0) is 17.4. The van der Waals surface area contributed by atoms with Crippen molar-refractivity contribution in [3.63, 3.8) is 0 Å². The zero-order valence-electron chi connectivity index (χ0n) is 13.8. The van der Waals surface area contributed by atoms with Crippen molar-refractivity contribution in [2.45, 2.75) is 6.92 Å². The summed E-state index contributed by atoms with van der Waals surface area (Å²) in [5, 5.41) is 13.5. The van der Waals surface area contributed by atoms with E-state index in [4.69, 9.17) is 0 Å². The molecule has 118 valence electrons. The van der Waals surface area contributed by atoms with Crippen LogP contribution in [0.1, 0.15) is 15.9 Å². The van der Waals surface area contributed by atoms with E-state index in [2.05, 4.69) is 24.3 Å². The van der Waals surface area contributed by atoms with Crippen molar-refractivity contribution < 1.29 is 4.79 Å². The number of fused-ring (bicyclic) bond motifs is 2. The second-order valence-corrected chi connectivity index (χ2v) is 6.20. The Hall–Kier alpha value is -3.44. The minimum absolute atomic E-state index is 0.458. The molecule has 0 aliphatic rings. The van der Waals surface area contributed by atoms with Crippen molar-refractivity contribution >= 4 is 27.3 Å². The maximum atomic E-state index is 12.3. The number of carbonyl (C=O) groups is 1. The van der Waals surface area contributed by atoms with Crippen molar-refractivity contribution in [3.8, 4) is 17.2 Å². The molecular formula is C23H15NO. The van der Waals surface area contributed by atoms with Gasteiger partial charge < -0.3 is 0 Å². The van der Waals surface area contributed by atoms with Gasteiger partial charge in [-0.3, -0.25) is 4.79 Å². The number of rotatable bonds is 2. The van der Waals surface area contributed by atoms with Crippen molar-refractivity contribution in [3.05, 3.63) is 83.9 Å². The molecule has 0 amide bonds. The highest BCUT2D eigenvalue weighted by molar-refractivity contribution is 6.14. The van der Waals surface area contributed by atoms with E-state index in [-0.39, 0.29) is 0 Å². The second kappa shape index (κ2) is 5.89. The third-order valence-electron chi connectivity index (χ3n) is 4.61. The van der Waals surface area contributed by atoms with Crippen molar-refractivity contribution in [2.75, 3.05) is 0 Å². The zero-order valence-corrected chi connectivity index (χ0v) is 13.8. The van der Waals surface area contributed by atoms with Crippen LogP contribution in [0.2, 0.25) is 0 Å². The lowest BCUT2D eigenvalue weighted by Gasteiger charge is -2.13. The number of hydrogen-bond donors (Lipinski definition) is 0. The van der Waals surface area contributed by atoms with E-state index in [1.165, 1.54) is 0 Å². The number of carbonyl (C=O) groups excluding carboxylic acids is 1. The summed E-state index contributed by atoms with van der Waals surface area (Å²) in [4.78, 5) is 12.3. The summed E-state index contributed by atoms with van der Waals surface area (Å²) in [7, 11) is 0. The molecule has 0 heterocycles. The summed E-state index contributed by atoms with van der Waals surface area (Å²) < 4.78 is 0. The predicted octanol–water partition coefficient (Wildman–Crippen LogP) is 5.67.